The molecule has 0 saturated heterocycles. The van der Waals surface area contributed by atoms with Gasteiger partial charge in [0, 0.05) is 16.2 Å². The number of benzene rings is 1. The molecule has 1 heterocycles. The van der Waals surface area contributed by atoms with Gasteiger partial charge in [0.2, 0.25) is 0 Å². The molecule has 0 aliphatic carbocycles. The standard InChI is InChI=1S/C11H14BrN/c1-7-5-10(12)6-9-4-3-8(2)13-11(7)9/h5-6,8,13H,3-4H2,1-2H3/t8-/m1/s1. The molecule has 0 spiro atoms. The van der Waals surface area contributed by atoms with Crippen LogP contribution in [0.15, 0.2) is 16.6 Å². The van der Waals surface area contributed by atoms with Crippen LogP contribution in [0.2, 0.25) is 0 Å². The van der Waals surface area contributed by atoms with Crippen LogP contribution < -0.4 is 5.32 Å². The summed E-state index contributed by atoms with van der Waals surface area (Å²) in [7, 11) is 0. The molecule has 0 unspecified atom stereocenters. The quantitative estimate of drug-likeness (QED) is 0.731. The molecule has 1 aromatic rings. The Labute approximate surface area is 87.7 Å². The van der Waals surface area contributed by atoms with Crippen molar-refractivity contribution in [3.8, 4) is 0 Å². The molecule has 2 heteroatoms. The summed E-state index contributed by atoms with van der Waals surface area (Å²) in [5, 5.41) is 3.53. The lowest BCUT2D eigenvalue weighted by Gasteiger charge is -2.26. The van der Waals surface area contributed by atoms with E-state index in [-0.39, 0.29) is 0 Å². The van der Waals surface area contributed by atoms with E-state index in [2.05, 4.69) is 47.2 Å². The number of hydrogen-bond donors (Lipinski definition) is 1. The van der Waals surface area contributed by atoms with Crippen molar-refractivity contribution in [1.82, 2.24) is 0 Å². The second-order valence-corrected chi connectivity index (χ2v) is 4.76. The second-order valence-electron chi connectivity index (χ2n) is 3.84. The first-order chi connectivity index (χ1) is 6.16. The van der Waals surface area contributed by atoms with E-state index in [9.17, 15) is 0 Å². The predicted octanol–water partition coefficient (Wildman–Crippen LogP) is 3.50. The van der Waals surface area contributed by atoms with Crippen LogP contribution in [0.5, 0.6) is 0 Å². The van der Waals surface area contributed by atoms with Crippen molar-refractivity contribution >= 4 is 21.6 Å². The molecule has 13 heavy (non-hydrogen) atoms. The van der Waals surface area contributed by atoms with E-state index in [1.54, 1.807) is 0 Å². The van der Waals surface area contributed by atoms with Crippen molar-refractivity contribution in [3.05, 3.63) is 27.7 Å². The summed E-state index contributed by atoms with van der Waals surface area (Å²) in [6.45, 7) is 4.40. The lowest BCUT2D eigenvalue weighted by molar-refractivity contribution is 0.679. The van der Waals surface area contributed by atoms with Gasteiger partial charge in [-0.3, -0.25) is 0 Å². The molecule has 0 fully saturated rings. The summed E-state index contributed by atoms with van der Waals surface area (Å²) in [5.74, 6) is 0. The Kier molecular flexibility index (Phi) is 2.33. The molecule has 70 valence electrons. The zero-order chi connectivity index (χ0) is 9.42. The smallest absolute Gasteiger partial charge is 0.0405 e. The highest BCUT2D eigenvalue weighted by molar-refractivity contribution is 9.10. The van der Waals surface area contributed by atoms with Crippen LogP contribution in [0, 0.1) is 6.92 Å². The zero-order valence-corrected chi connectivity index (χ0v) is 9.61. The zero-order valence-electron chi connectivity index (χ0n) is 8.02. The number of halogens is 1. The molecule has 1 N–H and O–H groups in total. The Balaban J connectivity index is 2.47. The van der Waals surface area contributed by atoms with Gasteiger partial charge in [-0.25, -0.2) is 0 Å². The van der Waals surface area contributed by atoms with E-state index in [0.29, 0.717) is 6.04 Å². The maximum atomic E-state index is 3.53. The molecule has 1 nitrogen and oxygen atoms in total. The highest BCUT2D eigenvalue weighted by Crippen LogP contribution is 2.31. The van der Waals surface area contributed by atoms with E-state index in [4.69, 9.17) is 0 Å². The number of anilines is 1. The molecule has 0 saturated carbocycles. The fraction of sp³-hybridized carbons (Fsp3) is 0.455. The van der Waals surface area contributed by atoms with E-state index in [1.807, 2.05) is 0 Å². The Bertz CT molecular complexity index is 333. The monoisotopic (exact) mass is 239 g/mol. The first kappa shape index (κ1) is 9.07. The summed E-state index contributed by atoms with van der Waals surface area (Å²) >= 11 is 3.53. The number of hydrogen-bond acceptors (Lipinski definition) is 1. The third kappa shape index (κ3) is 1.73. The van der Waals surface area contributed by atoms with Gasteiger partial charge in [-0.2, -0.15) is 0 Å². The number of nitrogens with one attached hydrogen (secondary N) is 1. The Morgan fingerprint density at radius 3 is 3.00 bits per heavy atom. The maximum absolute atomic E-state index is 3.53. The topological polar surface area (TPSA) is 12.0 Å². The molecule has 0 amide bonds. The second kappa shape index (κ2) is 3.33. The minimum absolute atomic E-state index is 0.618. The Hall–Kier alpha value is -0.500. The predicted molar refractivity (Wildman–Crippen MR) is 60.3 cm³/mol. The van der Waals surface area contributed by atoms with E-state index >= 15 is 0 Å². The molecule has 1 atom stereocenters. The van der Waals surface area contributed by atoms with Crippen LogP contribution in [0.3, 0.4) is 0 Å². The van der Waals surface area contributed by atoms with Crippen LogP contribution in [0.4, 0.5) is 5.69 Å². The van der Waals surface area contributed by atoms with Crippen molar-refractivity contribution in [2.45, 2.75) is 32.7 Å². The van der Waals surface area contributed by atoms with E-state index < -0.39 is 0 Å². The van der Waals surface area contributed by atoms with Crippen molar-refractivity contribution in [2.75, 3.05) is 5.32 Å². The maximum Gasteiger partial charge on any atom is 0.0405 e. The van der Waals surface area contributed by atoms with Crippen LogP contribution in [-0.4, -0.2) is 6.04 Å². The first-order valence-electron chi connectivity index (χ1n) is 4.72. The minimum Gasteiger partial charge on any atom is -0.382 e. The van der Waals surface area contributed by atoms with Crippen LogP contribution >= 0.6 is 15.9 Å². The Morgan fingerprint density at radius 1 is 1.46 bits per heavy atom. The van der Waals surface area contributed by atoms with Gasteiger partial charge in [-0.05, 0) is 49.9 Å². The summed E-state index contributed by atoms with van der Waals surface area (Å²) in [4.78, 5) is 0. The fourth-order valence-corrected chi connectivity index (χ4v) is 2.53. The third-order valence-electron chi connectivity index (χ3n) is 2.62. The summed E-state index contributed by atoms with van der Waals surface area (Å²) in [5.41, 5.74) is 4.14. The average Bonchev–Trinajstić information content (AvgIpc) is 2.06. The third-order valence-corrected chi connectivity index (χ3v) is 3.08. The van der Waals surface area contributed by atoms with Gasteiger partial charge < -0.3 is 5.32 Å². The van der Waals surface area contributed by atoms with Crippen molar-refractivity contribution < 1.29 is 0 Å². The molecule has 2 rings (SSSR count). The van der Waals surface area contributed by atoms with Gasteiger partial charge in [0.25, 0.3) is 0 Å². The Morgan fingerprint density at radius 2 is 2.23 bits per heavy atom. The molecule has 1 aromatic carbocycles. The largest absolute Gasteiger partial charge is 0.382 e. The molecular weight excluding hydrogens is 226 g/mol. The van der Waals surface area contributed by atoms with Crippen molar-refractivity contribution in [2.24, 2.45) is 0 Å². The first-order valence-corrected chi connectivity index (χ1v) is 5.51. The highest BCUT2D eigenvalue weighted by atomic mass is 79.9. The fourth-order valence-electron chi connectivity index (χ4n) is 1.91. The summed E-state index contributed by atoms with van der Waals surface area (Å²) in [6.07, 6.45) is 2.44. The normalized spacial score (nSPS) is 20.7. The van der Waals surface area contributed by atoms with Crippen molar-refractivity contribution in [1.29, 1.82) is 0 Å². The SMILES string of the molecule is Cc1cc(Br)cc2c1N[C@H](C)CC2. The van der Waals surface area contributed by atoms with Crippen LogP contribution in [0.1, 0.15) is 24.5 Å². The number of aryl methyl sites for hydroxylation is 2. The lowest BCUT2D eigenvalue weighted by Crippen LogP contribution is -2.22. The van der Waals surface area contributed by atoms with Gasteiger partial charge in [-0.1, -0.05) is 15.9 Å². The molecule has 0 bridgehead atoms. The van der Waals surface area contributed by atoms with Gasteiger partial charge >= 0.3 is 0 Å². The van der Waals surface area contributed by atoms with E-state index in [0.717, 1.165) is 0 Å². The number of fused-ring (bicyclic) bond motifs is 1. The highest BCUT2D eigenvalue weighted by Gasteiger charge is 2.15. The molecule has 0 radical (unpaired) electrons. The molecule has 1 aliphatic heterocycles. The average molecular weight is 240 g/mol. The van der Waals surface area contributed by atoms with Gasteiger partial charge in [0.05, 0.1) is 0 Å². The molecular formula is C11H14BrN. The minimum atomic E-state index is 0.618. The molecule has 1 aliphatic rings. The van der Waals surface area contributed by atoms with Crippen LogP contribution in [0.25, 0.3) is 0 Å². The van der Waals surface area contributed by atoms with Gasteiger partial charge in [0.1, 0.15) is 0 Å². The summed E-state index contributed by atoms with van der Waals surface area (Å²) < 4.78 is 1.19. The van der Waals surface area contributed by atoms with Gasteiger partial charge in [-0.15, -0.1) is 0 Å². The van der Waals surface area contributed by atoms with Crippen LogP contribution in [-0.2, 0) is 6.42 Å². The lowest BCUT2D eigenvalue weighted by atomic mass is 9.96. The van der Waals surface area contributed by atoms with Crippen molar-refractivity contribution in [3.63, 3.8) is 0 Å². The molecule has 0 aromatic heterocycles. The number of rotatable bonds is 0. The van der Waals surface area contributed by atoms with Gasteiger partial charge in [0.15, 0.2) is 0 Å². The summed E-state index contributed by atoms with van der Waals surface area (Å²) in [6, 6.07) is 5.01. The van der Waals surface area contributed by atoms with E-state index in [1.165, 1.54) is 34.1 Å².